The van der Waals surface area contributed by atoms with Gasteiger partial charge in [0.2, 0.25) is 0 Å². The summed E-state index contributed by atoms with van der Waals surface area (Å²) in [5.74, 6) is 0.687. The molecule has 1 aromatic carbocycles. The molecule has 1 heterocycles. The van der Waals surface area contributed by atoms with Crippen LogP contribution in [0, 0.1) is 5.92 Å². The Morgan fingerprint density at radius 2 is 1.89 bits per heavy atom. The fourth-order valence-corrected chi connectivity index (χ4v) is 2.53. The van der Waals surface area contributed by atoms with Crippen molar-refractivity contribution in [2.75, 3.05) is 6.54 Å². The Bertz CT molecular complexity index is 712. The number of H-pyrrole nitrogens is 2. The molecule has 1 fully saturated rings. The van der Waals surface area contributed by atoms with Crippen molar-refractivity contribution < 1.29 is 0 Å². The van der Waals surface area contributed by atoms with Crippen LogP contribution in [0.2, 0.25) is 0 Å². The van der Waals surface area contributed by atoms with Crippen molar-refractivity contribution in [1.29, 1.82) is 0 Å². The minimum absolute atomic E-state index is 0.338. The van der Waals surface area contributed by atoms with Gasteiger partial charge in [-0.15, -0.1) is 0 Å². The standard InChI is InChI=1S/C14H17N3O2/c1-2-15-12(8-3-4-8)9-5-6-10-11(7-9)17-14(19)13(18)16-10/h5-8,12,15H,2-4H2,1H3,(H,16,18)(H,17,19). The molecule has 3 rings (SSSR count). The first-order chi connectivity index (χ1) is 9.19. The van der Waals surface area contributed by atoms with E-state index in [-0.39, 0.29) is 0 Å². The monoisotopic (exact) mass is 259 g/mol. The second-order valence-corrected chi connectivity index (χ2v) is 5.09. The van der Waals surface area contributed by atoms with E-state index in [1.54, 1.807) is 0 Å². The van der Waals surface area contributed by atoms with Crippen molar-refractivity contribution in [3.63, 3.8) is 0 Å². The number of nitrogens with one attached hydrogen (secondary N) is 3. The lowest BCUT2D eigenvalue weighted by Crippen LogP contribution is -2.29. The second-order valence-electron chi connectivity index (χ2n) is 5.09. The van der Waals surface area contributed by atoms with E-state index in [0.717, 1.165) is 6.54 Å². The number of aromatic amines is 2. The van der Waals surface area contributed by atoms with Crippen LogP contribution in [0.25, 0.3) is 11.0 Å². The van der Waals surface area contributed by atoms with E-state index >= 15 is 0 Å². The van der Waals surface area contributed by atoms with Crippen molar-refractivity contribution in [3.8, 4) is 0 Å². The summed E-state index contributed by atoms with van der Waals surface area (Å²) in [5, 5.41) is 3.49. The molecule has 5 nitrogen and oxygen atoms in total. The minimum Gasteiger partial charge on any atom is -0.316 e. The van der Waals surface area contributed by atoms with Gasteiger partial charge in [0.05, 0.1) is 11.0 Å². The van der Waals surface area contributed by atoms with Gasteiger partial charge in [0.15, 0.2) is 0 Å². The highest BCUT2D eigenvalue weighted by atomic mass is 16.2. The molecule has 0 amide bonds. The van der Waals surface area contributed by atoms with Crippen molar-refractivity contribution in [1.82, 2.24) is 15.3 Å². The van der Waals surface area contributed by atoms with Gasteiger partial charge in [-0.05, 0) is 43.0 Å². The Morgan fingerprint density at radius 3 is 2.53 bits per heavy atom. The number of hydrogen-bond donors (Lipinski definition) is 3. The van der Waals surface area contributed by atoms with Gasteiger partial charge < -0.3 is 15.3 Å². The second kappa shape index (κ2) is 4.66. The first-order valence-corrected chi connectivity index (χ1v) is 6.68. The van der Waals surface area contributed by atoms with Crippen molar-refractivity contribution >= 4 is 11.0 Å². The number of aromatic nitrogens is 2. The summed E-state index contributed by atoms with van der Waals surface area (Å²) in [4.78, 5) is 27.8. The zero-order valence-corrected chi connectivity index (χ0v) is 10.8. The van der Waals surface area contributed by atoms with Crippen LogP contribution >= 0.6 is 0 Å². The Kier molecular flexibility index (Phi) is 2.98. The molecule has 1 atom stereocenters. The van der Waals surface area contributed by atoms with Crippen LogP contribution in [-0.4, -0.2) is 16.5 Å². The molecular formula is C14H17N3O2. The lowest BCUT2D eigenvalue weighted by atomic mass is 10.0. The maximum Gasteiger partial charge on any atom is 0.314 e. The molecule has 5 heteroatoms. The van der Waals surface area contributed by atoms with E-state index in [1.165, 1.54) is 18.4 Å². The quantitative estimate of drug-likeness (QED) is 0.724. The fourth-order valence-electron chi connectivity index (χ4n) is 2.53. The molecule has 1 saturated carbocycles. The van der Waals surface area contributed by atoms with Crippen LogP contribution in [0.4, 0.5) is 0 Å². The summed E-state index contributed by atoms with van der Waals surface area (Å²) in [6, 6.07) is 6.17. The third kappa shape index (κ3) is 2.33. The summed E-state index contributed by atoms with van der Waals surface area (Å²) < 4.78 is 0. The molecule has 2 aromatic rings. The first-order valence-electron chi connectivity index (χ1n) is 6.68. The third-order valence-electron chi connectivity index (χ3n) is 3.62. The maximum absolute atomic E-state index is 11.4. The molecule has 1 aliphatic carbocycles. The van der Waals surface area contributed by atoms with Gasteiger partial charge in [-0.1, -0.05) is 13.0 Å². The van der Waals surface area contributed by atoms with E-state index < -0.39 is 11.1 Å². The maximum atomic E-state index is 11.4. The molecule has 1 unspecified atom stereocenters. The topological polar surface area (TPSA) is 77.8 Å². The third-order valence-corrected chi connectivity index (χ3v) is 3.62. The SMILES string of the molecule is CCNC(c1ccc2[nH]c(=O)c(=O)[nH]c2c1)C1CC1. The highest BCUT2D eigenvalue weighted by molar-refractivity contribution is 5.74. The fraction of sp³-hybridized carbons (Fsp3) is 0.429. The summed E-state index contributed by atoms with van der Waals surface area (Å²) in [5.41, 5.74) is 1.31. The van der Waals surface area contributed by atoms with Gasteiger partial charge >= 0.3 is 11.1 Å². The van der Waals surface area contributed by atoms with Crippen LogP contribution in [0.1, 0.15) is 31.4 Å². The summed E-state index contributed by atoms with van der Waals surface area (Å²) in [6.07, 6.45) is 2.50. The molecular weight excluding hydrogens is 242 g/mol. The summed E-state index contributed by atoms with van der Waals surface area (Å²) in [7, 11) is 0. The number of hydrogen-bond acceptors (Lipinski definition) is 3. The summed E-state index contributed by atoms with van der Waals surface area (Å²) in [6.45, 7) is 3.01. The normalized spacial score (nSPS) is 16.7. The van der Waals surface area contributed by atoms with Gasteiger partial charge in [-0.3, -0.25) is 9.59 Å². The van der Waals surface area contributed by atoms with Crippen molar-refractivity contribution in [2.24, 2.45) is 5.92 Å². The van der Waals surface area contributed by atoms with Crippen LogP contribution in [0.3, 0.4) is 0 Å². The van der Waals surface area contributed by atoms with E-state index in [4.69, 9.17) is 0 Å². The van der Waals surface area contributed by atoms with E-state index in [0.29, 0.717) is 23.0 Å². The van der Waals surface area contributed by atoms with Crippen LogP contribution < -0.4 is 16.4 Å². The van der Waals surface area contributed by atoms with Gasteiger partial charge in [0, 0.05) is 6.04 Å². The molecule has 0 aliphatic heterocycles. The lowest BCUT2D eigenvalue weighted by molar-refractivity contribution is 0.496. The Labute approximate surface area is 110 Å². The number of fused-ring (bicyclic) bond motifs is 1. The molecule has 1 aliphatic rings. The Morgan fingerprint density at radius 1 is 1.21 bits per heavy atom. The van der Waals surface area contributed by atoms with Crippen LogP contribution in [-0.2, 0) is 0 Å². The first kappa shape index (κ1) is 12.2. The molecule has 0 bridgehead atoms. The van der Waals surface area contributed by atoms with Crippen molar-refractivity contribution in [3.05, 3.63) is 44.5 Å². The van der Waals surface area contributed by atoms with Gasteiger partial charge in [-0.2, -0.15) is 0 Å². The zero-order valence-electron chi connectivity index (χ0n) is 10.8. The zero-order chi connectivity index (χ0) is 13.4. The van der Waals surface area contributed by atoms with Crippen molar-refractivity contribution in [2.45, 2.75) is 25.8 Å². The average Bonchev–Trinajstić information content (AvgIpc) is 3.21. The molecule has 19 heavy (non-hydrogen) atoms. The molecule has 3 N–H and O–H groups in total. The predicted octanol–water partition coefficient (Wildman–Crippen LogP) is 1.28. The minimum atomic E-state index is -0.606. The van der Waals surface area contributed by atoms with Crippen LogP contribution in [0.5, 0.6) is 0 Å². The van der Waals surface area contributed by atoms with Crippen LogP contribution in [0.15, 0.2) is 27.8 Å². The number of rotatable bonds is 4. The Hall–Kier alpha value is -1.88. The number of benzene rings is 1. The smallest absolute Gasteiger partial charge is 0.314 e. The Balaban J connectivity index is 2.07. The highest BCUT2D eigenvalue weighted by Crippen LogP contribution is 2.41. The molecule has 0 spiro atoms. The van der Waals surface area contributed by atoms with E-state index in [9.17, 15) is 9.59 Å². The summed E-state index contributed by atoms with van der Waals surface area (Å²) >= 11 is 0. The van der Waals surface area contributed by atoms with Gasteiger partial charge in [-0.25, -0.2) is 0 Å². The molecule has 0 saturated heterocycles. The van der Waals surface area contributed by atoms with Gasteiger partial charge in [0.25, 0.3) is 0 Å². The van der Waals surface area contributed by atoms with Gasteiger partial charge in [0.1, 0.15) is 0 Å². The molecule has 0 radical (unpaired) electrons. The molecule has 100 valence electrons. The van der Waals surface area contributed by atoms with E-state index in [1.807, 2.05) is 18.2 Å². The largest absolute Gasteiger partial charge is 0.316 e. The van der Waals surface area contributed by atoms with E-state index in [2.05, 4.69) is 22.2 Å². The highest BCUT2D eigenvalue weighted by Gasteiger charge is 2.31. The average molecular weight is 259 g/mol. The predicted molar refractivity (Wildman–Crippen MR) is 74.3 cm³/mol. The molecule has 1 aromatic heterocycles. The lowest BCUT2D eigenvalue weighted by Gasteiger charge is -2.18.